The Balaban J connectivity index is 2.31. The molecule has 130 valence electrons. The second-order valence-electron chi connectivity index (χ2n) is 5.17. The summed E-state index contributed by atoms with van der Waals surface area (Å²) in [4.78, 5) is 9.82. The Hall–Kier alpha value is -2.49. The topological polar surface area (TPSA) is 108 Å². The van der Waals surface area contributed by atoms with Gasteiger partial charge in [0, 0.05) is 24.2 Å². The summed E-state index contributed by atoms with van der Waals surface area (Å²) in [5.74, 6) is -0.746. The molecule has 0 fully saturated rings. The summed E-state index contributed by atoms with van der Waals surface area (Å²) in [6.07, 6.45) is 1.21. The normalized spacial score (nSPS) is 11.8. The largest absolute Gasteiger partial charge is 0.326 e. The van der Waals surface area contributed by atoms with Crippen molar-refractivity contribution in [2.24, 2.45) is 5.73 Å². The van der Waals surface area contributed by atoms with E-state index in [1.165, 1.54) is 12.3 Å². The van der Waals surface area contributed by atoms with Gasteiger partial charge in [-0.2, -0.15) is 0 Å². The van der Waals surface area contributed by atoms with E-state index in [1.54, 1.807) is 6.07 Å². The van der Waals surface area contributed by atoms with Crippen LogP contribution in [0.1, 0.15) is 5.56 Å². The first-order chi connectivity index (χ1) is 11.8. The minimum Gasteiger partial charge on any atom is -0.326 e. The minimum atomic E-state index is -4.29. The molecule has 0 spiro atoms. The fourth-order valence-electron chi connectivity index (χ4n) is 2.53. The summed E-state index contributed by atoms with van der Waals surface area (Å²) in [6.45, 7) is 0.00321. The highest BCUT2D eigenvalue weighted by Gasteiger charge is 2.25. The quantitative estimate of drug-likeness (QED) is 0.550. The van der Waals surface area contributed by atoms with Gasteiger partial charge < -0.3 is 5.73 Å². The molecule has 0 atom stereocenters. The van der Waals surface area contributed by atoms with Crippen molar-refractivity contribution >= 4 is 38.2 Å². The maximum atomic E-state index is 14.3. The van der Waals surface area contributed by atoms with Crippen molar-refractivity contribution < 1.29 is 17.7 Å². The van der Waals surface area contributed by atoms with Crippen LogP contribution in [0.15, 0.2) is 47.5 Å². The molecule has 0 radical (unpaired) electrons. The van der Waals surface area contributed by atoms with E-state index in [2.05, 4.69) is 0 Å². The van der Waals surface area contributed by atoms with E-state index in [0.717, 1.165) is 28.2 Å². The molecule has 7 nitrogen and oxygen atoms in total. The van der Waals surface area contributed by atoms with Gasteiger partial charge in [-0.1, -0.05) is 23.7 Å². The Bertz CT molecular complexity index is 1110. The van der Waals surface area contributed by atoms with Crippen molar-refractivity contribution in [2.45, 2.75) is 11.4 Å². The number of aromatic nitrogens is 1. The number of para-hydroxylation sites is 1. The molecule has 0 aliphatic heterocycles. The third-order valence-corrected chi connectivity index (χ3v) is 5.69. The van der Waals surface area contributed by atoms with E-state index in [9.17, 15) is 22.9 Å². The number of hydrogen-bond donors (Lipinski definition) is 1. The molecule has 0 saturated heterocycles. The second kappa shape index (κ2) is 6.10. The molecule has 1 heterocycles. The molecule has 0 aliphatic carbocycles. The molecular formula is C15H11ClFN3O4S. The van der Waals surface area contributed by atoms with E-state index in [0.29, 0.717) is 10.9 Å². The second-order valence-corrected chi connectivity index (χ2v) is 7.39. The predicted molar refractivity (Wildman–Crippen MR) is 90.5 cm³/mol. The zero-order valence-electron chi connectivity index (χ0n) is 12.5. The fraction of sp³-hybridized carbons (Fsp3) is 0.0667. The van der Waals surface area contributed by atoms with Crippen LogP contribution in [0.4, 0.5) is 10.1 Å². The van der Waals surface area contributed by atoms with Crippen LogP contribution in [0.3, 0.4) is 0 Å². The number of hydrogen-bond acceptors (Lipinski definition) is 5. The van der Waals surface area contributed by atoms with E-state index in [-0.39, 0.29) is 22.0 Å². The summed E-state index contributed by atoms with van der Waals surface area (Å²) in [7, 11) is -4.29. The lowest BCUT2D eigenvalue weighted by Gasteiger charge is -2.08. The van der Waals surface area contributed by atoms with Gasteiger partial charge in [-0.15, -0.1) is 0 Å². The molecule has 2 N–H and O–H groups in total. The van der Waals surface area contributed by atoms with E-state index in [1.807, 2.05) is 0 Å². The maximum Gasteiger partial charge on any atom is 0.289 e. The summed E-state index contributed by atoms with van der Waals surface area (Å²) in [6, 6.07) is 7.20. The van der Waals surface area contributed by atoms with Gasteiger partial charge in [0.2, 0.25) is 0 Å². The van der Waals surface area contributed by atoms with Crippen LogP contribution >= 0.6 is 11.6 Å². The number of benzene rings is 2. The number of nitro groups is 1. The standard InChI is InChI=1S/C15H11ClFN3O4S/c16-12-5-4-10(6-14(12)20(21)22)25(23,24)19-8-9(7-18)11-2-1-3-13(17)15(11)19/h1-6,8H,7,18H2. The maximum absolute atomic E-state index is 14.3. The van der Waals surface area contributed by atoms with E-state index < -0.39 is 26.5 Å². The highest BCUT2D eigenvalue weighted by molar-refractivity contribution is 7.90. The van der Waals surface area contributed by atoms with Crippen LogP contribution in [-0.4, -0.2) is 17.3 Å². The number of fused-ring (bicyclic) bond motifs is 1. The first-order valence-electron chi connectivity index (χ1n) is 6.95. The molecule has 0 saturated carbocycles. The van der Waals surface area contributed by atoms with Crippen LogP contribution < -0.4 is 5.73 Å². The number of halogens is 2. The first kappa shape index (κ1) is 17.3. The smallest absolute Gasteiger partial charge is 0.289 e. The van der Waals surface area contributed by atoms with Gasteiger partial charge in [0.15, 0.2) is 0 Å². The van der Waals surface area contributed by atoms with Gasteiger partial charge >= 0.3 is 0 Å². The average Bonchev–Trinajstić information content (AvgIpc) is 2.95. The molecule has 3 rings (SSSR count). The number of nitro benzene ring substituents is 1. The Morgan fingerprint density at radius 1 is 1.28 bits per heavy atom. The third-order valence-electron chi connectivity index (χ3n) is 3.72. The Morgan fingerprint density at radius 3 is 2.64 bits per heavy atom. The molecular weight excluding hydrogens is 373 g/mol. The molecule has 0 unspecified atom stereocenters. The Kier molecular flexibility index (Phi) is 4.23. The van der Waals surface area contributed by atoms with E-state index in [4.69, 9.17) is 17.3 Å². The van der Waals surface area contributed by atoms with Crippen molar-refractivity contribution in [3.05, 3.63) is 69.1 Å². The van der Waals surface area contributed by atoms with Crippen molar-refractivity contribution in [3.63, 3.8) is 0 Å². The number of rotatable bonds is 4. The summed E-state index contributed by atoms with van der Waals surface area (Å²) >= 11 is 5.71. The van der Waals surface area contributed by atoms with Crippen LogP contribution in [-0.2, 0) is 16.6 Å². The molecule has 0 amide bonds. The number of nitrogens with two attached hydrogens (primary N) is 1. The van der Waals surface area contributed by atoms with Gasteiger partial charge in [-0.05, 0) is 23.8 Å². The lowest BCUT2D eigenvalue weighted by Crippen LogP contribution is -2.13. The SMILES string of the molecule is NCc1cn(S(=O)(=O)c2ccc(Cl)c([N+](=O)[O-])c2)c2c(F)cccc12. The summed E-state index contributed by atoms with van der Waals surface area (Å²) in [5.41, 5.74) is 5.32. The van der Waals surface area contributed by atoms with Crippen molar-refractivity contribution in [2.75, 3.05) is 0 Å². The van der Waals surface area contributed by atoms with Crippen molar-refractivity contribution in [3.8, 4) is 0 Å². The van der Waals surface area contributed by atoms with Crippen molar-refractivity contribution in [1.29, 1.82) is 0 Å². The lowest BCUT2D eigenvalue weighted by molar-refractivity contribution is -0.384. The Labute approximate surface area is 146 Å². The first-order valence-corrected chi connectivity index (χ1v) is 8.77. The van der Waals surface area contributed by atoms with Gasteiger partial charge in [0.05, 0.1) is 9.82 Å². The van der Waals surface area contributed by atoms with Crippen LogP contribution in [0.2, 0.25) is 5.02 Å². The number of nitrogens with zero attached hydrogens (tertiary/aromatic N) is 2. The summed E-state index contributed by atoms with van der Waals surface area (Å²) < 4.78 is 40.8. The molecule has 3 aromatic rings. The van der Waals surface area contributed by atoms with E-state index >= 15 is 0 Å². The molecule has 25 heavy (non-hydrogen) atoms. The van der Waals surface area contributed by atoms with Gasteiger partial charge in [0.1, 0.15) is 16.4 Å². The van der Waals surface area contributed by atoms with Gasteiger partial charge in [-0.3, -0.25) is 10.1 Å². The Morgan fingerprint density at radius 2 is 2.00 bits per heavy atom. The molecule has 10 heteroatoms. The highest BCUT2D eigenvalue weighted by Crippen LogP contribution is 2.31. The highest BCUT2D eigenvalue weighted by atomic mass is 35.5. The average molecular weight is 384 g/mol. The molecule has 0 aliphatic rings. The molecule has 2 aromatic carbocycles. The van der Waals surface area contributed by atoms with Gasteiger partial charge in [-0.25, -0.2) is 16.8 Å². The van der Waals surface area contributed by atoms with Crippen LogP contribution in [0.5, 0.6) is 0 Å². The monoisotopic (exact) mass is 383 g/mol. The predicted octanol–water partition coefficient (Wildman–Crippen LogP) is 3.04. The zero-order chi connectivity index (χ0) is 18.4. The van der Waals surface area contributed by atoms with Crippen molar-refractivity contribution in [1.82, 2.24) is 3.97 Å². The van der Waals surface area contributed by atoms with Crippen LogP contribution in [0, 0.1) is 15.9 Å². The minimum absolute atomic E-state index is 0.00321. The van der Waals surface area contributed by atoms with Gasteiger partial charge in [0.25, 0.3) is 15.7 Å². The third kappa shape index (κ3) is 2.76. The molecule has 1 aromatic heterocycles. The molecule has 0 bridgehead atoms. The zero-order valence-corrected chi connectivity index (χ0v) is 14.1. The van der Waals surface area contributed by atoms with Crippen LogP contribution in [0.25, 0.3) is 10.9 Å². The summed E-state index contributed by atoms with van der Waals surface area (Å²) in [5, 5.41) is 11.2. The lowest BCUT2D eigenvalue weighted by atomic mass is 10.2. The fourth-order valence-corrected chi connectivity index (χ4v) is 4.14.